The summed E-state index contributed by atoms with van der Waals surface area (Å²) in [7, 11) is 0. The Morgan fingerprint density at radius 1 is 1.17 bits per heavy atom. The highest BCUT2D eigenvalue weighted by Gasteiger charge is 2.14. The molecule has 2 N–H and O–H groups in total. The summed E-state index contributed by atoms with van der Waals surface area (Å²) in [5.41, 5.74) is 1.80. The highest BCUT2D eigenvalue weighted by Crippen LogP contribution is 2.19. The molecule has 0 aliphatic carbocycles. The number of rotatable bonds is 2. The maximum absolute atomic E-state index is 9.53. The lowest BCUT2D eigenvalue weighted by molar-refractivity contribution is 0.0301. The Morgan fingerprint density at radius 3 is 2.25 bits per heavy atom. The van der Waals surface area contributed by atoms with E-state index in [2.05, 4.69) is 0 Å². The van der Waals surface area contributed by atoms with Gasteiger partial charge in [0, 0.05) is 0 Å². The van der Waals surface area contributed by atoms with Crippen LogP contribution in [0.15, 0.2) is 24.3 Å². The third kappa shape index (κ3) is 1.84. The van der Waals surface area contributed by atoms with Crippen molar-refractivity contribution in [2.75, 3.05) is 0 Å². The number of hydrogen-bond donors (Lipinski definition) is 2. The van der Waals surface area contributed by atoms with Gasteiger partial charge in [0.05, 0.1) is 6.10 Å². The first-order valence-electron chi connectivity index (χ1n) is 4.04. The van der Waals surface area contributed by atoms with Crippen molar-refractivity contribution in [2.45, 2.75) is 26.1 Å². The SMILES string of the molecule is Cc1ccccc1[C@@H](O)[C@H](C)O. The lowest BCUT2D eigenvalue weighted by atomic mass is 10.0. The normalized spacial score (nSPS) is 15.7. The van der Waals surface area contributed by atoms with Crippen LogP contribution in [0.1, 0.15) is 24.2 Å². The van der Waals surface area contributed by atoms with Crippen LogP contribution < -0.4 is 0 Å². The number of hydrogen-bond acceptors (Lipinski definition) is 2. The number of aryl methyl sites for hydroxylation is 1. The third-order valence-electron chi connectivity index (χ3n) is 1.96. The summed E-state index contributed by atoms with van der Waals surface area (Å²) in [6.07, 6.45) is -1.49. The average Bonchev–Trinajstić information content (AvgIpc) is 2.04. The molecular weight excluding hydrogens is 152 g/mol. The molecule has 2 nitrogen and oxygen atoms in total. The van der Waals surface area contributed by atoms with Crippen LogP contribution in [0.3, 0.4) is 0 Å². The van der Waals surface area contributed by atoms with E-state index in [9.17, 15) is 5.11 Å². The molecule has 2 heteroatoms. The fourth-order valence-corrected chi connectivity index (χ4v) is 1.18. The summed E-state index contributed by atoms with van der Waals surface area (Å²) >= 11 is 0. The zero-order valence-corrected chi connectivity index (χ0v) is 7.36. The minimum absolute atomic E-state index is 0.717. The molecule has 0 bridgehead atoms. The average molecular weight is 166 g/mol. The van der Waals surface area contributed by atoms with E-state index in [0.29, 0.717) is 0 Å². The van der Waals surface area contributed by atoms with Gasteiger partial charge in [-0.1, -0.05) is 24.3 Å². The molecule has 0 aromatic heterocycles. The molecule has 0 heterocycles. The lowest BCUT2D eigenvalue weighted by Gasteiger charge is -2.15. The van der Waals surface area contributed by atoms with Crippen LogP contribution in [0.2, 0.25) is 0 Å². The third-order valence-corrected chi connectivity index (χ3v) is 1.96. The Balaban J connectivity index is 2.94. The predicted octanol–water partition coefficient (Wildman–Crippen LogP) is 1.41. The molecule has 66 valence electrons. The number of benzene rings is 1. The molecular formula is C10H14O2. The molecule has 0 radical (unpaired) electrons. The number of aliphatic hydroxyl groups is 2. The van der Waals surface area contributed by atoms with Crippen LogP contribution in [-0.2, 0) is 0 Å². The first-order valence-corrected chi connectivity index (χ1v) is 4.04. The predicted molar refractivity (Wildman–Crippen MR) is 47.8 cm³/mol. The van der Waals surface area contributed by atoms with Crippen LogP contribution in [0, 0.1) is 6.92 Å². The second-order valence-electron chi connectivity index (χ2n) is 3.04. The monoisotopic (exact) mass is 166 g/mol. The summed E-state index contributed by atoms with van der Waals surface area (Å²) in [5, 5.41) is 18.7. The van der Waals surface area contributed by atoms with Crippen molar-refractivity contribution in [3.8, 4) is 0 Å². The quantitative estimate of drug-likeness (QED) is 0.697. The van der Waals surface area contributed by atoms with Gasteiger partial charge in [-0.05, 0) is 25.0 Å². The van der Waals surface area contributed by atoms with Crippen LogP contribution in [0.5, 0.6) is 0 Å². The topological polar surface area (TPSA) is 40.5 Å². The van der Waals surface area contributed by atoms with Crippen molar-refractivity contribution < 1.29 is 10.2 Å². The maximum Gasteiger partial charge on any atom is 0.105 e. The van der Waals surface area contributed by atoms with Crippen molar-refractivity contribution in [3.05, 3.63) is 35.4 Å². The van der Waals surface area contributed by atoms with E-state index in [1.807, 2.05) is 31.2 Å². The van der Waals surface area contributed by atoms with E-state index >= 15 is 0 Å². The largest absolute Gasteiger partial charge is 0.390 e. The molecule has 0 spiro atoms. The van der Waals surface area contributed by atoms with Crippen LogP contribution >= 0.6 is 0 Å². The van der Waals surface area contributed by atoms with Gasteiger partial charge in [0.2, 0.25) is 0 Å². The van der Waals surface area contributed by atoms with Crippen LogP contribution in [0.25, 0.3) is 0 Å². The smallest absolute Gasteiger partial charge is 0.105 e. The first-order chi connectivity index (χ1) is 5.63. The zero-order valence-electron chi connectivity index (χ0n) is 7.36. The summed E-state index contributed by atoms with van der Waals surface area (Å²) < 4.78 is 0. The molecule has 0 saturated carbocycles. The van der Waals surface area contributed by atoms with E-state index in [4.69, 9.17) is 5.11 Å². The summed E-state index contributed by atoms with van der Waals surface area (Å²) in [6, 6.07) is 7.51. The van der Waals surface area contributed by atoms with Gasteiger partial charge in [-0.2, -0.15) is 0 Å². The minimum Gasteiger partial charge on any atom is -0.390 e. The molecule has 0 saturated heterocycles. The molecule has 12 heavy (non-hydrogen) atoms. The first kappa shape index (κ1) is 9.23. The fourth-order valence-electron chi connectivity index (χ4n) is 1.18. The molecule has 0 fully saturated rings. The molecule has 0 unspecified atom stereocenters. The highest BCUT2D eigenvalue weighted by molar-refractivity contribution is 5.28. The highest BCUT2D eigenvalue weighted by atomic mass is 16.3. The molecule has 1 aromatic carbocycles. The molecule has 0 aliphatic rings. The van der Waals surface area contributed by atoms with E-state index in [1.165, 1.54) is 0 Å². The minimum atomic E-state index is -0.772. The van der Waals surface area contributed by atoms with E-state index in [0.717, 1.165) is 11.1 Å². The molecule has 0 aliphatic heterocycles. The second-order valence-corrected chi connectivity index (χ2v) is 3.04. The van der Waals surface area contributed by atoms with Gasteiger partial charge in [-0.25, -0.2) is 0 Å². The van der Waals surface area contributed by atoms with Crippen molar-refractivity contribution in [1.82, 2.24) is 0 Å². The van der Waals surface area contributed by atoms with Gasteiger partial charge in [0.25, 0.3) is 0 Å². The molecule has 1 aromatic rings. The Kier molecular flexibility index (Phi) is 2.84. The molecule has 1 rings (SSSR count). The van der Waals surface area contributed by atoms with E-state index < -0.39 is 12.2 Å². The summed E-state index contributed by atoms with van der Waals surface area (Å²) in [4.78, 5) is 0. The van der Waals surface area contributed by atoms with E-state index in [-0.39, 0.29) is 0 Å². The fraction of sp³-hybridized carbons (Fsp3) is 0.400. The van der Waals surface area contributed by atoms with Crippen molar-refractivity contribution in [2.24, 2.45) is 0 Å². The molecule has 0 amide bonds. The summed E-state index contributed by atoms with van der Waals surface area (Å²) in [6.45, 7) is 3.50. The Hall–Kier alpha value is -0.860. The number of aliphatic hydroxyl groups excluding tert-OH is 2. The zero-order chi connectivity index (χ0) is 9.14. The Labute approximate surface area is 72.5 Å². The Morgan fingerprint density at radius 2 is 1.75 bits per heavy atom. The summed E-state index contributed by atoms with van der Waals surface area (Å²) in [5.74, 6) is 0. The lowest BCUT2D eigenvalue weighted by Crippen LogP contribution is -2.14. The van der Waals surface area contributed by atoms with Gasteiger partial charge >= 0.3 is 0 Å². The van der Waals surface area contributed by atoms with Crippen molar-refractivity contribution in [3.63, 3.8) is 0 Å². The van der Waals surface area contributed by atoms with Gasteiger partial charge in [0.1, 0.15) is 6.10 Å². The van der Waals surface area contributed by atoms with Crippen LogP contribution in [-0.4, -0.2) is 16.3 Å². The van der Waals surface area contributed by atoms with E-state index in [1.54, 1.807) is 6.92 Å². The van der Waals surface area contributed by atoms with Gasteiger partial charge < -0.3 is 10.2 Å². The Bertz CT molecular complexity index is 256. The van der Waals surface area contributed by atoms with Gasteiger partial charge in [-0.15, -0.1) is 0 Å². The van der Waals surface area contributed by atoms with Crippen molar-refractivity contribution in [1.29, 1.82) is 0 Å². The maximum atomic E-state index is 9.53. The van der Waals surface area contributed by atoms with Gasteiger partial charge in [0.15, 0.2) is 0 Å². The molecule has 2 atom stereocenters. The second kappa shape index (κ2) is 3.70. The van der Waals surface area contributed by atoms with Crippen LogP contribution in [0.4, 0.5) is 0 Å². The standard InChI is InChI=1S/C10H14O2/c1-7-5-3-4-6-9(7)10(12)8(2)11/h3-6,8,10-12H,1-2H3/t8-,10-/m0/s1. The van der Waals surface area contributed by atoms with Crippen molar-refractivity contribution >= 4 is 0 Å². The van der Waals surface area contributed by atoms with Gasteiger partial charge in [-0.3, -0.25) is 0 Å².